The topological polar surface area (TPSA) is 92.5 Å². The first-order valence-corrected chi connectivity index (χ1v) is 11.2. The SMILES string of the molecule is Cl.NC1CC2CCCC(C1)C2NC(=O)c1cccc(N2CCCS2(=O)=O)c1. The smallest absolute Gasteiger partial charge is 0.251 e. The Morgan fingerprint density at radius 2 is 1.85 bits per heavy atom. The fraction of sp³-hybridized carbons (Fsp3) is 0.632. The molecule has 0 spiro atoms. The lowest BCUT2D eigenvalue weighted by atomic mass is 9.67. The molecule has 1 aromatic carbocycles. The van der Waals surface area contributed by atoms with Crippen molar-refractivity contribution in [1.29, 1.82) is 0 Å². The molecule has 4 rings (SSSR count). The second-order valence-electron chi connectivity index (χ2n) is 7.97. The number of fused-ring (bicyclic) bond motifs is 2. The number of amides is 1. The van der Waals surface area contributed by atoms with E-state index in [0.717, 1.165) is 25.7 Å². The van der Waals surface area contributed by atoms with Crippen molar-refractivity contribution in [3.8, 4) is 0 Å². The van der Waals surface area contributed by atoms with Crippen LogP contribution in [0.2, 0.25) is 0 Å². The Labute approximate surface area is 167 Å². The predicted molar refractivity (Wildman–Crippen MR) is 109 cm³/mol. The largest absolute Gasteiger partial charge is 0.349 e. The van der Waals surface area contributed by atoms with E-state index >= 15 is 0 Å². The molecular formula is C19H28ClN3O3S. The van der Waals surface area contributed by atoms with Crippen LogP contribution in [0.25, 0.3) is 0 Å². The van der Waals surface area contributed by atoms with E-state index in [-0.39, 0.29) is 36.2 Å². The molecule has 2 unspecified atom stereocenters. The molecule has 27 heavy (non-hydrogen) atoms. The van der Waals surface area contributed by atoms with Crippen molar-refractivity contribution in [2.45, 2.75) is 50.6 Å². The zero-order chi connectivity index (χ0) is 18.3. The number of benzene rings is 1. The zero-order valence-corrected chi connectivity index (χ0v) is 17.0. The summed E-state index contributed by atoms with van der Waals surface area (Å²) < 4.78 is 25.7. The first-order valence-electron chi connectivity index (χ1n) is 9.61. The van der Waals surface area contributed by atoms with Gasteiger partial charge in [0, 0.05) is 24.2 Å². The van der Waals surface area contributed by atoms with Crippen LogP contribution >= 0.6 is 12.4 Å². The lowest BCUT2D eigenvalue weighted by Gasteiger charge is -2.45. The maximum atomic E-state index is 12.8. The van der Waals surface area contributed by atoms with Crippen LogP contribution < -0.4 is 15.4 Å². The minimum Gasteiger partial charge on any atom is -0.349 e. The summed E-state index contributed by atoms with van der Waals surface area (Å²) in [7, 11) is -3.24. The molecule has 1 aliphatic heterocycles. The van der Waals surface area contributed by atoms with Gasteiger partial charge in [0.25, 0.3) is 5.91 Å². The van der Waals surface area contributed by atoms with Crippen LogP contribution in [0.1, 0.15) is 48.9 Å². The van der Waals surface area contributed by atoms with Gasteiger partial charge in [-0.25, -0.2) is 8.42 Å². The normalized spacial score (nSPS) is 31.8. The van der Waals surface area contributed by atoms with Crippen molar-refractivity contribution in [1.82, 2.24) is 5.32 Å². The number of halogens is 1. The molecule has 6 nitrogen and oxygen atoms in total. The minimum absolute atomic E-state index is 0. The summed E-state index contributed by atoms with van der Waals surface area (Å²) >= 11 is 0. The molecule has 8 heteroatoms. The monoisotopic (exact) mass is 413 g/mol. The Hall–Kier alpha value is -1.31. The molecule has 2 aliphatic carbocycles. The van der Waals surface area contributed by atoms with E-state index < -0.39 is 10.0 Å². The van der Waals surface area contributed by atoms with Gasteiger partial charge in [0.05, 0.1) is 11.4 Å². The van der Waals surface area contributed by atoms with Gasteiger partial charge in [-0.15, -0.1) is 12.4 Å². The maximum absolute atomic E-state index is 12.8. The van der Waals surface area contributed by atoms with Crippen molar-refractivity contribution in [3.63, 3.8) is 0 Å². The average Bonchev–Trinajstić information content (AvgIpc) is 2.95. The van der Waals surface area contributed by atoms with Crippen molar-refractivity contribution < 1.29 is 13.2 Å². The average molecular weight is 414 g/mol. The quantitative estimate of drug-likeness (QED) is 0.795. The summed E-state index contributed by atoms with van der Waals surface area (Å²) in [4.78, 5) is 12.8. The third kappa shape index (κ3) is 4.10. The highest BCUT2D eigenvalue weighted by Crippen LogP contribution is 2.39. The van der Waals surface area contributed by atoms with Gasteiger partial charge in [0.1, 0.15) is 0 Å². The Bertz CT molecular complexity index is 787. The molecule has 1 heterocycles. The Morgan fingerprint density at radius 1 is 1.15 bits per heavy atom. The highest BCUT2D eigenvalue weighted by Gasteiger charge is 2.40. The van der Waals surface area contributed by atoms with Gasteiger partial charge in [0.2, 0.25) is 10.0 Å². The number of carbonyl (C=O) groups excluding carboxylic acids is 1. The van der Waals surface area contributed by atoms with Crippen molar-refractivity contribution >= 4 is 34.0 Å². The van der Waals surface area contributed by atoms with E-state index in [9.17, 15) is 13.2 Å². The fourth-order valence-electron chi connectivity index (χ4n) is 4.99. The summed E-state index contributed by atoms with van der Waals surface area (Å²) in [6.45, 7) is 0.484. The molecule has 2 atom stereocenters. The second kappa shape index (κ2) is 7.97. The number of sulfonamides is 1. The van der Waals surface area contributed by atoms with Gasteiger partial charge in [-0.1, -0.05) is 12.5 Å². The number of anilines is 1. The zero-order valence-electron chi connectivity index (χ0n) is 15.3. The molecule has 1 saturated heterocycles. The summed E-state index contributed by atoms with van der Waals surface area (Å²) in [5, 5.41) is 3.23. The predicted octanol–water partition coefficient (Wildman–Crippen LogP) is 2.28. The maximum Gasteiger partial charge on any atom is 0.251 e. The molecule has 0 aromatic heterocycles. The highest BCUT2D eigenvalue weighted by molar-refractivity contribution is 7.93. The van der Waals surface area contributed by atoms with Gasteiger partial charge in [-0.3, -0.25) is 9.10 Å². The van der Waals surface area contributed by atoms with Crippen LogP contribution in [0.3, 0.4) is 0 Å². The summed E-state index contributed by atoms with van der Waals surface area (Å²) in [5.74, 6) is 0.989. The van der Waals surface area contributed by atoms with E-state index in [4.69, 9.17) is 5.73 Å². The molecule has 2 saturated carbocycles. The number of hydrogen-bond acceptors (Lipinski definition) is 4. The third-order valence-electron chi connectivity index (χ3n) is 6.17. The first-order chi connectivity index (χ1) is 12.4. The van der Waals surface area contributed by atoms with Gasteiger partial charge in [-0.05, 0) is 62.1 Å². The summed E-state index contributed by atoms with van der Waals surface area (Å²) in [6.07, 6.45) is 6.06. The number of hydrogen-bond donors (Lipinski definition) is 2. The Morgan fingerprint density at radius 3 is 2.48 bits per heavy atom. The number of nitrogens with two attached hydrogens (primary N) is 1. The van der Waals surface area contributed by atoms with Gasteiger partial charge < -0.3 is 11.1 Å². The number of rotatable bonds is 3. The van der Waals surface area contributed by atoms with Crippen molar-refractivity contribution in [2.75, 3.05) is 16.6 Å². The van der Waals surface area contributed by atoms with Crippen LogP contribution in [0.15, 0.2) is 24.3 Å². The molecule has 3 aliphatic rings. The molecule has 1 aromatic rings. The molecular weight excluding hydrogens is 386 g/mol. The van der Waals surface area contributed by atoms with Gasteiger partial charge in [-0.2, -0.15) is 0 Å². The molecule has 2 bridgehead atoms. The van der Waals surface area contributed by atoms with Gasteiger partial charge in [0.15, 0.2) is 0 Å². The second-order valence-corrected chi connectivity index (χ2v) is 9.99. The third-order valence-corrected chi connectivity index (χ3v) is 8.04. The number of carbonyl (C=O) groups is 1. The minimum atomic E-state index is -3.24. The molecule has 150 valence electrons. The Balaban J connectivity index is 0.00000210. The van der Waals surface area contributed by atoms with Crippen LogP contribution in [0.5, 0.6) is 0 Å². The summed E-state index contributed by atoms with van der Waals surface area (Å²) in [6, 6.07) is 7.41. The molecule has 0 radical (unpaired) electrons. The van der Waals surface area contributed by atoms with Crippen LogP contribution in [-0.2, 0) is 10.0 Å². The standard InChI is InChI=1S/C19H27N3O3S.ClH/c20-16-10-13-4-1-5-14(11-16)18(13)21-19(23)15-6-2-7-17(12-15)22-8-3-9-26(22,24)25;/h2,6-7,12-14,16,18H,1,3-5,8-11,20H2,(H,21,23);1H. The lowest BCUT2D eigenvalue weighted by Crippen LogP contribution is -2.53. The van der Waals surface area contributed by atoms with E-state index in [0.29, 0.717) is 36.1 Å². The van der Waals surface area contributed by atoms with Gasteiger partial charge >= 0.3 is 0 Å². The van der Waals surface area contributed by atoms with Crippen LogP contribution in [-0.4, -0.2) is 38.7 Å². The fourth-order valence-corrected chi connectivity index (χ4v) is 6.55. The van der Waals surface area contributed by atoms with E-state index in [1.807, 2.05) is 0 Å². The molecule has 3 N–H and O–H groups in total. The number of nitrogens with zero attached hydrogens (tertiary/aromatic N) is 1. The Kier molecular flexibility index (Phi) is 6.03. The van der Waals surface area contributed by atoms with E-state index in [1.54, 1.807) is 24.3 Å². The summed E-state index contributed by atoms with van der Waals surface area (Å²) in [5.41, 5.74) is 7.28. The first kappa shape index (κ1) is 20.4. The van der Waals surface area contributed by atoms with Crippen molar-refractivity contribution in [3.05, 3.63) is 29.8 Å². The van der Waals surface area contributed by atoms with Crippen molar-refractivity contribution in [2.24, 2.45) is 17.6 Å². The lowest BCUT2D eigenvalue weighted by molar-refractivity contribution is 0.0756. The van der Waals surface area contributed by atoms with E-state index in [2.05, 4.69) is 5.32 Å². The molecule has 1 amide bonds. The van der Waals surface area contributed by atoms with Crippen LogP contribution in [0, 0.1) is 11.8 Å². The van der Waals surface area contributed by atoms with E-state index in [1.165, 1.54) is 10.7 Å². The molecule has 3 fully saturated rings. The number of nitrogens with one attached hydrogen (secondary N) is 1. The highest BCUT2D eigenvalue weighted by atomic mass is 35.5. The van der Waals surface area contributed by atoms with Crippen LogP contribution in [0.4, 0.5) is 5.69 Å².